The van der Waals surface area contributed by atoms with Gasteiger partial charge in [0.1, 0.15) is 16.6 Å². The van der Waals surface area contributed by atoms with Gasteiger partial charge in [0.05, 0.1) is 5.56 Å². The average molecular weight is 362 g/mol. The largest absolute Gasteiger partial charge is 0.453 e. The molecule has 0 fully saturated rings. The third-order valence-electron chi connectivity index (χ3n) is 2.40. The Bertz CT molecular complexity index is 694. The SMILES string of the molecule is NC(=S)c1c(F)cccc1Oc1cc(Br)cc(F)c1F. The molecule has 0 aliphatic rings. The van der Waals surface area contributed by atoms with Crippen LogP contribution in [-0.2, 0) is 0 Å². The van der Waals surface area contributed by atoms with Crippen molar-refractivity contribution in [1.82, 2.24) is 0 Å². The normalized spacial score (nSPS) is 10.4. The topological polar surface area (TPSA) is 35.2 Å². The second kappa shape index (κ2) is 5.80. The standard InChI is InChI=1S/C13H7BrF3NOS/c14-6-4-8(16)12(17)10(5-6)19-9-3-1-2-7(15)11(9)13(18)20/h1-5H,(H2,18,20). The van der Waals surface area contributed by atoms with Crippen molar-refractivity contribution in [3.05, 3.63) is 57.8 Å². The van der Waals surface area contributed by atoms with Crippen molar-refractivity contribution in [2.75, 3.05) is 0 Å². The number of benzene rings is 2. The van der Waals surface area contributed by atoms with Crippen molar-refractivity contribution in [2.24, 2.45) is 5.73 Å². The van der Waals surface area contributed by atoms with Crippen LogP contribution in [0.2, 0.25) is 0 Å². The van der Waals surface area contributed by atoms with Crippen molar-refractivity contribution in [1.29, 1.82) is 0 Å². The molecule has 2 N–H and O–H groups in total. The summed E-state index contributed by atoms with van der Waals surface area (Å²) < 4.78 is 46.0. The molecule has 0 bridgehead atoms. The minimum absolute atomic E-state index is 0.0890. The third kappa shape index (κ3) is 2.94. The van der Waals surface area contributed by atoms with Gasteiger partial charge in [-0.05, 0) is 24.3 Å². The average Bonchev–Trinajstić information content (AvgIpc) is 2.35. The van der Waals surface area contributed by atoms with Gasteiger partial charge in [0.25, 0.3) is 0 Å². The molecule has 0 heterocycles. The van der Waals surface area contributed by atoms with Crippen LogP contribution in [0.3, 0.4) is 0 Å². The van der Waals surface area contributed by atoms with E-state index in [4.69, 9.17) is 22.7 Å². The lowest BCUT2D eigenvalue weighted by Crippen LogP contribution is -2.13. The Balaban J connectivity index is 2.51. The van der Waals surface area contributed by atoms with E-state index in [-0.39, 0.29) is 20.8 Å². The van der Waals surface area contributed by atoms with Crippen LogP contribution >= 0.6 is 28.1 Å². The molecule has 0 spiro atoms. The quantitative estimate of drug-likeness (QED) is 0.654. The molecule has 0 atom stereocenters. The first kappa shape index (κ1) is 14.8. The van der Waals surface area contributed by atoms with Crippen molar-refractivity contribution in [3.8, 4) is 11.5 Å². The summed E-state index contributed by atoms with van der Waals surface area (Å²) in [6.07, 6.45) is 0. The lowest BCUT2D eigenvalue weighted by atomic mass is 10.2. The minimum Gasteiger partial charge on any atom is -0.453 e. The summed E-state index contributed by atoms with van der Waals surface area (Å²) in [6.45, 7) is 0. The number of nitrogens with two attached hydrogens (primary N) is 1. The maximum atomic E-state index is 13.6. The van der Waals surface area contributed by atoms with E-state index >= 15 is 0 Å². The Labute approximate surface area is 126 Å². The van der Waals surface area contributed by atoms with Crippen LogP contribution in [0.1, 0.15) is 5.56 Å². The Hall–Kier alpha value is -1.60. The second-order valence-corrected chi connectivity index (χ2v) is 5.13. The van der Waals surface area contributed by atoms with Gasteiger partial charge in [0.15, 0.2) is 11.6 Å². The van der Waals surface area contributed by atoms with Crippen molar-refractivity contribution < 1.29 is 17.9 Å². The van der Waals surface area contributed by atoms with Gasteiger partial charge in [-0.25, -0.2) is 8.78 Å². The molecule has 2 aromatic carbocycles. The maximum Gasteiger partial charge on any atom is 0.201 e. The molecule has 0 amide bonds. The van der Waals surface area contributed by atoms with E-state index in [1.807, 2.05) is 0 Å². The van der Waals surface area contributed by atoms with E-state index in [9.17, 15) is 13.2 Å². The van der Waals surface area contributed by atoms with E-state index < -0.39 is 23.2 Å². The molecule has 2 nitrogen and oxygen atoms in total. The molecule has 0 unspecified atom stereocenters. The fourth-order valence-corrected chi connectivity index (χ4v) is 2.16. The number of ether oxygens (including phenoxy) is 1. The molecule has 0 aliphatic carbocycles. The summed E-state index contributed by atoms with van der Waals surface area (Å²) in [6, 6.07) is 6.00. The fourth-order valence-electron chi connectivity index (χ4n) is 1.55. The molecular weight excluding hydrogens is 355 g/mol. The van der Waals surface area contributed by atoms with Crippen molar-refractivity contribution in [3.63, 3.8) is 0 Å². The highest BCUT2D eigenvalue weighted by Gasteiger charge is 2.17. The summed E-state index contributed by atoms with van der Waals surface area (Å²) in [7, 11) is 0. The first-order valence-corrected chi connectivity index (χ1v) is 6.51. The van der Waals surface area contributed by atoms with Crippen LogP contribution in [0.15, 0.2) is 34.8 Å². The van der Waals surface area contributed by atoms with Crippen LogP contribution in [0.4, 0.5) is 13.2 Å². The Morgan fingerprint density at radius 2 is 1.80 bits per heavy atom. The van der Waals surface area contributed by atoms with E-state index in [1.165, 1.54) is 18.2 Å². The molecule has 7 heteroatoms. The van der Waals surface area contributed by atoms with Gasteiger partial charge in [-0.2, -0.15) is 4.39 Å². The Morgan fingerprint density at radius 3 is 2.45 bits per heavy atom. The van der Waals surface area contributed by atoms with Gasteiger partial charge >= 0.3 is 0 Å². The van der Waals surface area contributed by atoms with Crippen molar-refractivity contribution in [2.45, 2.75) is 0 Å². The van der Waals surface area contributed by atoms with Gasteiger partial charge < -0.3 is 10.5 Å². The van der Waals surface area contributed by atoms with Crippen LogP contribution in [0.5, 0.6) is 11.5 Å². The van der Waals surface area contributed by atoms with E-state index in [0.29, 0.717) is 0 Å². The van der Waals surface area contributed by atoms with Gasteiger partial charge in [0.2, 0.25) is 5.82 Å². The molecule has 0 aliphatic heterocycles. The summed E-state index contributed by atoms with van der Waals surface area (Å²) in [5.41, 5.74) is 5.24. The Morgan fingerprint density at radius 1 is 1.10 bits per heavy atom. The molecule has 0 saturated carbocycles. The van der Waals surface area contributed by atoms with E-state index in [2.05, 4.69) is 15.9 Å². The summed E-state index contributed by atoms with van der Waals surface area (Å²) in [5, 5.41) is 0. The highest BCUT2D eigenvalue weighted by molar-refractivity contribution is 9.10. The fraction of sp³-hybridized carbons (Fsp3) is 0. The van der Waals surface area contributed by atoms with Crippen LogP contribution in [-0.4, -0.2) is 4.99 Å². The van der Waals surface area contributed by atoms with Crippen LogP contribution < -0.4 is 10.5 Å². The van der Waals surface area contributed by atoms with Crippen LogP contribution in [0.25, 0.3) is 0 Å². The summed E-state index contributed by atoms with van der Waals surface area (Å²) >= 11 is 7.73. The molecular formula is C13H7BrF3NOS. The highest BCUT2D eigenvalue weighted by Crippen LogP contribution is 2.32. The smallest absolute Gasteiger partial charge is 0.201 e. The van der Waals surface area contributed by atoms with Crippen LogP contribution in [0, 0.1) is 17.5 Å². The molecule has 0 radical (unpaired) electrons. The van der Waals surface area contributed by atoms with E-state index in [0.717, 1.165) is 12.1 Å². The summed E-state index contributed by atoms with van der Waals surface area (Å²) in [4.78, 5) is -0.242. The van der Waals surface area contributed by atoms with Gasteiger partial charge in [-0.3, -0.25) is 0 Å². The predicted octanol–water partition coefficient (Wildman–Crippen LogP) is 4.29. The second-order valence-electron chi connectivity index (χ2n) is 3.78. The molecule has 0 aromatic heterocycles. The van der Waals surface area contributed by atoms with Gasteiger partial charge in [-0.15, -0.1) is 0 Å². The molecule has 0 saturated heterocycles. The molecule has 2 rings (SSSR count). The minimum atomic E-state index is -1.19. The molecule has 2 aromatic rings. The lowest BCUT2D eigenvalue weighted by molar-refractivity contribution is 0.412. The van der Waals surface area contributed by atoms with Gasteiger partial charge in [0, 0.05) is 4.47 Å². The monoisotopic (exact) mass is 361 g/mol. The zero-order valence-corrected chi connectivity index (χ0v) is 12.2. The zero-order valence-electron chi connectivity index (χ0n) is 9.79. The predicted molar refractivity (Wildman–Crippen MR) is 76.4 cm³/mol. The lowest BCUT2D eigenvalue weighted by Gasteiger charge is -2.12. The number of halogens is 4. The number of hydrogen-bond acceptors (Lipinski definition) is 2. The highest BCUT2D eigenvalue weighted by atomic mass is 79.9. The number of hydrogen-bond donors (Lipinski definition) is 1. The number of thiocarbonyl (C=S) groups is 1. The number of rotatable bonds is 3. The molecule has 20 heavy (non-hydrogen) atoms. The van der Waals surface area contributed by atoms with E-state index in [1.54, 1.807) is 0 Å². The third-order valence-corrected chi connectivity index (χ3v) is 3.06. The Kier molecular flexibility index (Phi) is 4.29. The zero-order chi connectivity index (χ0) is 14.9. The molecule has 104 valence electrons. The van der Waals surface area contributed by atoms with Crippen molar-refractivity contribution >= 4 is 33.1 Å². The first-order valence-electron chi connectivity index (χ1n) is 5.31. The maximum absolute atomic E-state index is 13.6. The van der Waals surface area contributed by atoms with Gasteiger partial charge in [-0.1, -0.05) is 34.2 Å². The summed E-state index contributed by atoms with van der Waals surface area (Å²) in [5.74, 6) is -3.48. The first-order chi connectivity index (χ1) is 9.40.